The molecule has 9 heteroatoms. The molecule has 1 amide bonds. The lowest BCUT2D eigenvalue weighted by Crippen LogP contribution is -2.13. The molecule has 0 saturated carbocycles. The Morgan fingerprint density at radius 2 is 1.74 bits per heavy atom. The van der Waals surface area contributed by atoms with Crippen molar-refractivity contribution in [2.24, 2.45) is 7.05 Å². The molecule has 3 rings (SSSR count). The van der Waals surface area contributed by atoms with Crippen LogP contribution in [0.3, 0.4) is 0 Å². The molecule has 0 spiro atoms. The maximum Gasteiger partial charge on any atom is 0.225 e. The summed E-state index contributed by atoms with van der Waals surface area (Å²) in [5.41, 5.74) is 1.35. The molecule has 1 heterocycles. The summed E-state index contributed by atoms with van der Waals surface area (Å²) in [6.45, 7) is 0. The summed E-state index contributed by atoms with van der Waals surface area (Å²) < 4.78 is 1.89. The molecule has 0 bridgehead atoms. The van der Waals surface area contributed by atoms with E-state index in [0.29, 0.717) is 26.5 Å². The molecule has 1 aromatic heterocycles. The van der Waals surface area contributed by atoms with Crippen LogP contribution in [-0.2, 0) is 11.8 Å². The van der Waals surface area contributed by atoms with Gasteiger partial charge in [0.1, 0.15) is 0 Å². The van der Waals surface area contributed by atoms with Gasteiger partial charge in [-0.1, -0.05) is 52.6 Å². The monoisotopic (exact) mass is 440 g/mol. The lowest BCUT2D eigenvalue weighted by atomic mass is 10.2. The van der Waals surface area contributed by atoms with Crippen molar-refractivity contribution in [1.82, 2.24) is 14.8 Å². The van der Waals surface area contributed by atoms with E-state index >= 15 is 0 Å². The largest absolute Gasteiger partial charge is 0.324 e. The van der Waals surface area contributed by atoms with Crippen molar-refractivity contribution >= 4 is 58.2 Å². The number of benzene rings is 2. The first kappa shape index (κ1) is 20.0. The molecule has 0 fully saturated rings. The number of halogens is 3. The highest BCUT2D eigenvalue weighted by Crippen LogP contribution is 2.30. The van der Waals surface area contributed by atoms with E-state index in [2.05, 4.69) is 15.5 Å². The zero-order chi connectivity index (χ0) is 19.4. The molecule has 5 nitrogen and oxygen atoms in total. The number of para-hydroxylation sites is 1. The van der Waals surface area contributed by atoms with Crippen molar-refractivity contribution in [3.05, 3.63) is 57.5 Å². The van der Waals surface area contributed by atoms with E-state index < -0.39 is 0 Å². The highest BCUT2D eigenvalue weighted by atomic mass is 35.5. The quantitative estimate of drug-likeness (QED) is 0.508. The van der Waals surface area contributed by atoms with Gasteiger partial charge in [-0.05, 0) is 36.4 Å². The fraction of sp³-hybridized carbons (Fsp3) is 0.167. The summed E-state index contributed by atoms with van der Waals surface area (Å²) in [6.07, 6.45) is 0.287. The molecule has 0 atom stereocenters. The van der Waals surface area contributed by atoms with Gasteiger partial charge in [-0.2, -0.15) is 0 Å². The highest BCUT2D eigenvalue weighted by molar-refractivity contribution is 7.99. The summed E-state index contributed by atoms with van der Waals surface area (Å²) in [5, 5.41) is 13.4. The second-order valence-electron chi connectivity index (χ2n) is 5.62. The second-order valence-corrected chi connectivity index (χ2v) is 7.93. The van der Waals surface area contributed by atoms with Gasteiger partial charge in [0.2, 0.25) is 5.91 Å². The zero-order valence-corrected chi connectivity index (χ0v) is 17.3. The first-order valence-electron chi connectivity index (χ1n) is 7.97. The number of carbonyl (C=O) groups excluding carboxylic acids is 1. The number of carbonyl (C=O) groups is 1. The standard InChI is InChI=1S/C18H15Cl3N4OS/c1-25-17(11-5-7-12(19)8-6-11)23-24-18(25)27-10-9-15(26)22-16-13(20)3-2-4-14(16)21/h2-8H,9-10H2,1H3,(H,22,26). The van der Waals surface area contributed by atoms with Crippen molar-refractivity contribution in [2.45, 2.75) is 11.6 Å². The van der Waals surface area contributed by atoms with Gasteiger partial charge in [0.25, 0.3) is 0 Å². The highest BCUT2D eigenvalue weighted by Gasteiger charge is 2.13. The van der Waals surface area contributed by atoms with Gasteiger partial charge in [-0.15, -0.1) is 10.2 Å². The lowest BCUT2D eigenvalue weighted by Gasteiger charge is -2.09. The van der Waals surface area contributed by atoms with Crippen LogP contribution in [0.4, 0.5) is 5.69 Å². The number of anilines is 1. The normalized spacial score (nSPS) is 10.8. The minimum atomic E-state index is -0.169. The zero-order valence-electron chi connectivity index (χ0n) is 14.2. The van der Waals surface area contributed by atoms with Gasteiger partial charge in [-0.3, -0.25) is 4.79 Å². The average molecular weight is 442 g/mol. The molecule has 0 radical (unpaired) electrons. The van der Waals surface area contributed by atoms with Crippen molar-refractivity contribution in [2.75, 3.05) is 11.1 Å². The minimum Gasteiger partial charge on any atom is -0.324 e. The maximum atomic E-state index is 12.2. The predicted molar refractivity (Wildman–Crippen MR) is 112 cm³/mol. The summed E-state index contributed by atoms with van der Waals surface area (Å²) in [4.78, 5) is 12.2. The number of nitrogens with one attached hydrogen (secondary N) is 1. The Kier molecular flexibility index (Phi) is 6.65. The maximum absolute atomic E-state index is 12.2. The third-order valence-electron chi connectivity index (χ3n) is 3.72. The number of nitrogens with zero attached hydrogens (tertiary/aromatic N) is 3. The van der Waals surface area contributed by atoms with Crippen LogP contribution in [0, 0.1) is 0 Å². The number of amides is 1. The molecular formula is C18H15Cl3N4OS. The summed E-state index contributed by atoms with van der Waals surface area (Å²) >= 11 is 19.5. The van der Waals surface area contributed by atoms with Crippen LogP contribution in [0.25, 0.3) is 11.4 Å². The number of rotatable bonds is 6. The molecule has 2 aromatic carbocycles. The molecule has 0 unspecified atom stereocenters. The van der Waals surface area contributed by atoms with E-state index in [0.717, 1.165) is 16.5 Å². The van der Waals surface area contributed by atoms with E-state index in [9.17, 15) is 4.79 Å². The molecule has 0 aliphatic carbocycles. The Balaban J connectivity index is 1.58. The molecular weight excluding hydrogens is 427 g/mol. The van der Waals surface area contributed by atoms with Crippen LogP contribution in [0.1, 0.15) is 6.42 Å². The van der Waals surface area contributed by atoms with E-state index in [4.69, 9.17) is 34.8 Å². The summed E-state index contributed by atoms with van der Waals surface area (Å²) in [5.74, 6) is 1.11. The van der Waals surface area contributed by atoms with Crippen molar-refractivity contribution in [3.8, 4) is 11.4 Å². The molecule has 0 aliphatic rings. The van der Waals surface area contributed by atoms with Gasteiger partial charge in [0.05, 0.1) is 15.7 Å². The third-order valence-corrected chi connectivity index (χ3v) is 5.63. The molecule has 0 aliphatic heterocycles. The van der Waals surface area contributed by atoms with Crippen LogP contribution in [-0.4, -0.2) is 26.4 Å². The summed E-state index contributed by atoms with van der Waals surface area (Å²) in [7, 11) is 1.88. The predicted octanol–water partition coefficient (Wildman–Crippen LogP) is 5.56. The van der Waals surface area contributed by atoms with E-state index in [1.54, 1.807) is 18.2 Å². The number of thioether (sulfide) groups is 1. The first-order chi connectivity index (χ1) is 13.0. The van der Waals surface area contributed by atoms with Gasteiger partial charge in [-0.25, -0.2) is 0 Å². The SMILES string of the molecule is Cn1c(SCCC(=O)Nc2c(Cl)cccc2Cl)nnc1-c1ccc(Cl)cc1. The lowest BCUT2D eigenvalue weighted by molar-refractivity contribution is -0.115. The van der Waals surface area contributed by atoms with Gasteiger partial charge < -0.3 is 9.88 Å². The number of aromatic nitrogens is 3. The van der Waals surface area contributed by atoms with Gasteiger partial charge >= 0.3 is 0 Å². The van der Waals surface area contributed by atoms with E-state index in [1.807, 2.05) is 35.9 Å². The smallest absolute Gasteiger partial charge is 0.225 e. The Morgan fingerprint density at radius 1 is 1.07 bits per heavy atom. The van der Waals surface area contributed by atoms with Crippen molar-refractivity contribution in [1.29, 1.82) is 0 Å². The minimum absolute atomic E-state index is 0.169. The average Bonchev–Trinajstić information content (AvgIpc) is 3.00. The third kappa shape index (κ3) is 4.96. The van der Waals surface area contributed by atoms with Crippen molar-refractivity contribution < 1.29 is 4.79 Å². The second kappa shape index (κ2) is 8.97. The molecule has 140 valence electrons. The molecule has 0 saturated heterocycles. The van der Waals surface area contributed by atoms with Gasteiger partial charge in [0.15, 0.2) is 11.0 Å². The van der Waals surface area contributed by atoms with Crippen LogP contribution < -0.4 is 5.32 Å². The molecule has 27 heavy (non-hydrogen) atoms. The van der Waals surface area contributed by atoms with Crippen LogP contribution in [0.5, 0.6) is 0 Å². The Hall–Kier alpha value is -1.73. The fourth-order valence-electron chi connectivity index (χ4n) is 2.35. The Morgan fingerprint density at radius 3 is 2.41 bits per heavy atom. The van der Waals surface area contributed by atoms with Crippen molar-refractivity contribution in [3.63, 3.8) is 0 Å². The van der Waals surface area contributed by atoms with Crippen LogP contribution in [0.15, 0.2) is 47.6 Å². The Labute approximate surface area is 176 Å². The van der Waals surface area contributed by atoms with Crippen LogP contribution in [0.2, 0.25) is 15.1 Å². The summed E-state index contributed by atoms with van der Waals surface area (Å²) in [6, 6.07) is 12.5. The number of hydrogen-bond acceptors (Lipinski definition) is 4. The van der Waals surface area contributed by atoms with Gasteiger partial charge in [0, 0.05) is 29.8 Å². The topological polar surface area (TPSA) is 59.8 Å². The van der Waals surface area contributed by atoms with E-state index in [1.165, 1.54) is 11.8 Å². The Bertz CT molecular complexity index is 939. The molecule has 3 aromatic rings. The number of hydrogen-bond donors (Lipinski definition) is 1. The van der Waals surface area contributed by atoms with Crippen LogP contribution >= 0.6 is 46.6 Å². The first-order valence-corrected chi connectivity index (χ1v) is 10.1. The fourth-order valence-corrected chi connectivity index (χ4v) is 3.81. The van der Waals surface area contributed by atoms with E-state index in [-0.39, 0.29) is 12.3 Å². The molecule has 1 N–H and O–H groups in total.